The summed E-state index contributed by atoms with van der Waals surface area (Å²) in [6, 6.07) is 2.72. The fourth-order valence-corrected chi connectivity index (χ4v) is 3.62. The van der Waals surface area contributed by atoms with E-state index in [1.807, 2.05) is 20.8 Å². The van der Waals surface area contributed by atoms with Gasteiger partial charge in [-0.15, -0.1) is 0 Å². The first-order chi connectivity index (χ1) is 12.1. The number of amides is 1. The highest BCUT2D eigenvalue weighted by molar-refractivity contribution is 8.14. The van der Waals surface area contributed by atoms with E-state index in [-0.39, 0.29) is 22.7 Å². The maximum Gasteiger partial charge on any atom is 0.328 e. The van der Waals surface area contributed by atoms with E-state index in [2.05, 4.69) is 0 Å². The lowest BCUT2D eigenvalue weighted by atomic mass is 10.1. The molecule has 0 fully saturated rings. The summed E-state index contributed by atoms with van der Waals surface area (Å²) in [6.07, 6.45) is 0.403. The molecule has 0 saturated heterocycles. The van der Waals surface area contributed by atoms with Gasteiger partial charge in [0.1, 0.15) is 6.04 Å². The molecule has 0 spiro atoms. The van der Waals surface area contributed by atoms with Crippen LogP contribution in [0.1, 0.15) is 38.3 Å². The number of hydrogen-bond acceptors (Lipinski definition) is 5. The van der Waals surface area contributed by atoms with E-state index >= 15 is 0 Å². The first kappa shape index (κ1) is 22.5. The minimum Gasteiger partial charge on any atom is -0.467 e. The summed E-state index contributed by atoms with van der Waals surface area (Å²) in [4.78, 5) is 38.3. The summed E-state index contributed by atoms with van der Waals surface area (Å²) in [5, 5.41) is 0.461. The molecule has 26 heavy (non-hydrogen) atoms. The Hall–Kier alpha value is -1.53. The number of esters is 1. The third-order valence-corrected chi connectivity index (χ3v) is 5.23. The molecule has 0 saturated carbocycles. The minimum atomic E-state index is -0.829. The van der Waals surface area contributed by atoms with Crippen molar-refractivity contribution in [1.29, 1.82) is 0 Å². The van der Waals surface area contributed by atoms with Crippen molar-refractivity contribution in [2.75, 3.05) is 17.8 Å². The number of carbonyl (C=O) groups excluding carboxylic acids is 3. The molecule has 0 aliphatic carbocycles. The van der Waals surface area contributed by atoms with E-state index in [4.69, 9.17) is 16.3 Å². The summed E-state index contributed by atoms with van der Waals surface area (Å²) in [5.41, 5.74) is 2.10. The smallest absolute Gasteiger partial charge is 0.328 e. The van der Waals surface area contributed by atoms with Crippen LogP contribution in [-0.2, 0) is 19.1 Å². The number of halogens is 1. The van der Waals surface area contributed by atoms with Gasteiger partial charge in [-0.1, -0.05) is 43.3 Å². The quantitative estimate of drug-likeness (QED) is 0.644. The number of hydrogen-bond donors (Lipinski definition) is 0. The van der Waals surface area contributed by atoms with Gasteiger partial charge in [0, 0.05) is 11.4 Å². The zero-order chi connectivity index (χ0) is 20.0. The summed E-state index contributed by atoms with van der Waals surface area (Å²) >= 11 is 7.20. The molecule has 0 aliphatic heterocycles. The monoisotopic (exact) mass is 399 g/mol. The summed E-state index contributed by atoms with van der Waals surface area (Å²) in [5.74, 6) is -0.681. The van der Waals surface area contributed by atoms with Crippen LogP contribution in [0.15, 0.2) is 12.1 Å². The van der Waals surface area contributed by atoms with Gasteiger partial charge in [-0.3, -0.25) is 14.5 Å². The highest BCUT2D eigenvalue weighted by Crippen LogP contribution is 2.32. The van der Waals surface area contributed by atoms with E-state index in [1.54, 1.807) is 26.0 Å². The molecular weight excluding hydrogens is 374 g/mol. The molecule has 1 atom stereocenters. The molecule has 0 aliphatic rings. The topological polar surface area (TPSA) is 63.7 Å². The molecule has 0 radical (unpaired) electrons. The number of rotatable bonds is 7. The van der Waals surface area contributed by atoms with Crippen LogP contribution in [0.2, 0.25) is 5.02 Å². The first-order valence-corrected chi connectivity index (χ1v) is 9.77. The molecule has 1 aromatic carbocycles. The summed E-state index contributed by atoms with van der Waals surface area (Å²) in [6.45, 7) is 9.14. The van der Waals surface area contributed by atoms with Crippen LogP contribution in [0.5, 0.6) is 0 Å². The van der Waals surface area contributed by atoms with E-state index in [9.17, 15) is 14.4 Å². The van der Waals surface area contributed by atoms with Gasteiger partial charge < -0.3 is 4.74 Å². The van der Waals surface area contributed by atoms with Crippen LogP contribution >= 0.6 is 23.4 Å². The van der Waals surface area contributed by atoms with Crippen molar-refractivity contribution in [1.82, 2.24) is 0 Å². The number of ether oxygens (including phenoxy) is 1. The highest BCUT2D eigenvalue weighted by atomic mass is 35.5. The van der Waals surface area contributed by atoms with Crippen LogP contribution < -0.4 is 4.90 Å². The predicted molar refractivity (Wildman–Crippen MR) is 107 cm³/mol. The van der Waals surface area contributed by atoms with Crippen molar-refractivity contribution in [3.63, 3.8) is 0 Å². The van der Waals surface area contributed by atoms with Crippen LogP contribution in [0, 0.1) is 19.8 Å². The molecule has 5 nitrogen and oxygen atoms in total. The third kappa shape index (κ3) is 5.74. The zero-order valence-electron chi connectivity index (χ0n) is 16.1. The lowest BCUT2D eigenvalue weighted by Gasteiger charge is -2.30. The second-order valence-electron chi connectivity index (χ2n) is 6.56. The molecule has 144 valence electrons. The van der Waals surface area contributed by atoms with Crippen molar-refractivity contribution < 1.29 is 19.1 Å². The zero-order valence-corrected chi connectivity index (χ0v) is 17.7. The molecule has 0 heterocycles. The van der Waals surface area contributed by atoms with Crippen LogP contribution in [0.25, 0.3) is 0 Å². The number of benzene rings is 1. The third-order valence-electron chi connectivity index (χ3n) is 3.94. The fourth-order valence-electron chi connectivity index (χ4n) is 2.60. The van der Waals surface area contributed by atoms with Gasteiger partial charge in [-0.05, 0) is 43.9 Å². The van der Waals surface area contributed by atoms with Gasteiger partial charge in [0.2, 0.25) is 5.91 Å². The van der Waals surface area contributed by atoms with Crippen molar-refractivity contribution >= 4 is 46.0 Å². The second kappa shape index (κ2) is 9.97. The number of anilines is 1. The molecule has 0 unspecified atom stereocenters. The van der Waals surface area contributed by atoms with Crippen LogP contribution in [-0.4, -0.2) is 35.9 Å². The van der Waals surface area contributed by atoms with Crippen molar-refractivity contribution in [2.45, 2.75) is 47.1 Å². The maximum absolute atomic E-state index is 12.9. The van der Waals surface area contributed by atoms with Gasteiger partial charge in [-0.2, -0.15) is 0 Å². The molecule has 0 bridgehead atoms. The SMILES string of the molecule is COC(=O)[C@H](C)N(C(=O)CSC(=O)CC(C)C)c1c(C)ccc(Cl)c1C. The Labute approximate surface area is 164 Å². The van der Waals surface area contributed by atoms with Crippen molar-refractivity contribution in [3.05, 3.63) is 28.3 Å². The molecule has 7 heteroatoms. The van der Waals surface area contributed by atoms with E-state index in [0.29, 0.717) is 22.7 Å². The fraction of sp³-hybridized carbons (Fsp3) is 0.526. The Kier molecular flexibility index (Phi) is 8.63. The van der Waals surface area contributed by atoms with Gasteiger partial charge in [0.25, 0.3) is 0 Å². The minimum absolute atomic E-state index is 0.0430. The van der Waals surface area contributed by atoms with Gasteiger partial charge in [0.15, 0.2) is 5.12 Å². The van der Waals surface area contributed by atoms with Crippen molar-refractivity contribution in [3.8, 4) is 0 Å². The van der Waals surface area contributed by atoms with Gasteiger partial charge in [0.05, 0.1) is 18.6 Å². The largest absolute Gasteiger partial charge is 0.467 e. The molecule has 0 N–H and O–H groups in total. The molecule has 1 rings (SSSR count). The Morgan fingerprint density at radius 1 is 1.19 bits per heavy atom. The molecule has 1 aromatic rings. The number of methoxy groups -OCH3 is 1. The second-order valence-corrected chi connectivity index (χ2v) is 8.00. The standard InChI is InChI=1S/C19H26ClNO4S/c1-11(2)9-17(23)26-10-16(22)21(14(5)19(24)25-6)18-12(3)7-8-15(20)13(18)4/h7-8,11,14H,9-10H2,1-6H3/t14-/m0/s1. The normalized spacial score (nSPS) is 12.0. The lowest BCUT2D eigenvalue weighted by Crippen LogP contribution is -2.45. The Morgan fingerprint density at radius 3 is 2.35 bits per heavy atom. The summed E-state index contributed by atoms with van der Waals surface area (Å²) < 4.78 is 4.81. The number of thioether (sulfide) groups is 1. The Morgan fingerprint density at radius 2 is 1.81 bits per heavy atom. The average Bonchev–Trinajstić information content (AvgIpc) is 2.58. The molecule has 1 amide bonds. The maximum atomic E-state index is 12.9. The van der Waals surface area contributed by atoms with E-state index in [0.717, 1.165) is 17.3 Å². The average molecular weight is 400 g/mol. The van der Waals surface area contributed by atoms with E-state index in [1.165, 1.54) is 12.0 Å². The first-order valence-electron chi connectivity index (χ1n) is 8.41. The Bertz CT molecular complexity index is 690. The highest BCUT2D eigenvalue weighted by Gasteiger charge is 2.31. The number of carbonyl (C=O) groups is 3. The van der Waals surface area contributed by atoms with E-state index < -0.39 is 12.0 Å². The lowest BCUT2D eigenvalue weighted by molar-refractivity contribution is -0.142. The Balaban J connectivity index is 3.19. The van der Waals surface area contributed by atoms with Crippen molar-refractivity contribution in [2.24, 2.45) is 5.92 Å². The number of nitrogens with zero attached hydrogens (tertiary/aromatic N) is 1. The van der Waals surface area contributed by atoms with Crippen LogP contribution in [0.4, 0.5) is 5.69 Å². The van der Waals surface area contributed by atoms with Crippen LogP contribution in [0.3, 0.4) is 0 Å². The van der Waals surface area contributed by atoms with Gasteiger partial charge in [-0.25, -0.2) is 4.79 Å². The number of aryl methyl sites for hydroxylation is 1. The predicted octanol–water partition coefficient (Wildman–Crippen LogP) is 4.16. The summed E-state index contributed by atoms with van der Waals surface area (Å²) in [7, 11) is 1.28. The molecular formula is C19H26ClNO4S. The van der Waals surface area contributed by atoms with Gasteiger partial charge >= 0.3 is 5.97 Å². The molecule has 0 aromatic heterocycles.